The average Bonchev–Trinajstić information content (AvgIpc) is 2.73. The number of allylic oxidation sites excluding steroid dienone is 6. The minimum Gasteiger partial charge on any atom is -0.351 e. The molecule has 0 aromatic rings. The van der Waals surface area contributed by atoms with E-state index in [4.69, 9.17) is 0 Å². The van der Waals surface area contributed by atoms with Gasteiger partial charge in [0.1, 0.15) is 0 Å². The maximum absolute atomic E-state index is 3.86. The molecule has 0 bridgehead atoms. The topological polar surface area (TPSA) is 6.48 Å². The Labute approximate surface area is 135 Å². The maximum atomic E-state index is 3.86. The normalized spacial score (nSPS) is 15.2. The van der Waals surface area contributed by atoms with Crippen LogP contribution >= 0.6 is 0 Å². The molecule has 118 valence electrons. The number of hydrogen-bond acceptors (Lipinski definition) is 2. The van der Waals surface area contributed by atoms with Crippen LogP contribution in [0.5, 0.6) is 0 Å². The molecule has 0 atom stereocenters. The molecule has 0 saturated carbocycles. The Morgan fingerprint density at radius 3 is 2.23 bits per heavy atom. The highest BCUT2D eigenvalue weighted by Crippen LogP contribution is 2.15. The Kier molecular flexibility index (Phi) is 8.51. The number of rotatable bonds is 8. The van der Waals surface area contributed by atoms with Gasteiger partial charge in [0.05, 0.1) is 0 Å². The average molecular weight is 296 g/mol. The first-order valence-electron chi connectivity index (χ1n) is 7.81. The third-order valence-electron chi connectivity index (χ3n) is 3.28. The molecule has 0 saturated heterocycles. The predicted octanol–water partition coefficient (Wildman–Crippen LogP) is 5.15. The van der Waals surface area contributed by atoms with Crippen molar-refractivity contribution in [2.75, 3.05) is 13.1 Å². The van der Waals surface area contributed by atoms with E-state index in [2.05, 4.69) is 65.2 Å². The smallest absolute Gasteiger partial charge is 0.0466 e. The van der Waals surface area contributed by atoms with E-state index in [1.54, 1.807) is 0 Å². The van der Waals surface area contributed by atoms with Crippen LogP contribution in [0, 0.1) is 0 Å². The van der Waals surface area contributed by atoms with Crippen molar-refractivity contribution in [1.82, 2.24) is 9.80 Å². The minimum absolute atomic E-state index is 0.884. The van der Waals surface area contributed by atoms with Crippen LogP contribution in [0.25, 0.3) is 0 Å². The first kappa shape index (κ1) is 17.8. The zero-order valence-electron chi connectivity index (χ0n) is 14.1. The molecule has 2 heteroatoms. The molecular weight excluding hydrogens is 268 g/mol. The van der Waals surface area contributed by atoms with Gasteiger partial charge in [-0.05, 0) is 63.1 Å². The van der Waals surface area contributed by atoms with Gasteiger partial charge in [-0.3, -0.25) is 0 Å². The van der Waals surface area contributed by atoms with Gasteiger partial charge in [0.2, 0.25) is 0 Å². The lowest BCUT2D eigenvalue weighted by Crippen LogP contribution is -2.13. The van der Waals surface area contributed by atoms with Crippen LogP contribution in [0.4, 0.5) is 0 Å². The van der Waals surface area contributed by atoms with Gasteiger partial charge in [0.15, 0.2) is 0 Å². The van der Waals surface area contributed by atoms with Crippen LogP contribution in [-0.2, 0) is 0 Å². The summed E-state index contributed by atoms with van der Waals surface area (Å²) in [5.41, 5.74) is 2.71. The standard InChI is InChI=1S/C20H28N2/c1-5-14-21(8-4)17-19-10-9-11-20(13-12-19)18-22(15-6-2)16-7-3/h5-11,13-16H,4,12,17-18H2,1-3H3. The van der Waals surface area contributed by atoms with E-state index in [0.29, 0.717) is 0 Å². The van der Waals surface area contributed by atoms with Crippen molar-refractivity contribution >= 4 is 0 Å². The third-order valence-corrected chi connectivity index (χ3v) is 3.28. The maximum Gasteiger partial charge on any atom is 0.0466 e. The van der Waals surface area contributed by atoms with Crippen LogP contribution in [0.15, 0.2) is 85.1 Å². The van der Waals surface area contributed by atoms with E-state index < -0.39 is 0 Å². The summed E-state index contributed by atoms with van der Waals surface area (Å²) in [4.78, 5) is 4.29. The van der Waals surface area contributed by atoms with Crippen LogP contribution in [0.3, 0.4) is 0 Å². The first-order chi connectivity index (χ1) is 10.7. The van der Waals surface area contributed by atoms with Crippen molar-refractivity contribution in [1.29, 1.82) is 0 Å². The summed E-state index contributed by atoms with van der Waals surface area (Å²) in [5, 5.41) is 0. The van der Waals surface area contributed by atoms with Gasteiger partial charge in [-0.25, -0.2) is 0 Å². The van der Waals surface area contributed by atoms with Gasteiger partial charge in [-0.15, -0.1) is 0 Å². The van der Waals surface area contributed by atoms with E-state index in [0.717, 1.165) is 19.5 Å². The van der Waals surface area contributed by atoms with Crippen LogP contribution in [0.1, 0.15) is 27.2 Å². The molecule has 0 aliphatic heterocycles. The lowest BCUT2D eigenvalue weighted by atomic mass is 10.1. The van der Waals surface area contributed by atoms with E-state index in [-0.39, 0.29) is 0 Å². The second-order valence-corrected chi connectivity index (χ2v) is 5.14. The summed E-state index contributed by atoms with van der Waals surface area (Å²) in [6, 6.07) is 0. The summed E-state index contributed by atoms with van der Waals surface area (Å²) in [7, 11) is 0. The summed E-state index contributed by atoms with van der Waals surface area (Å²) in [6.07, 6.45) is 24.1. The van der Waals surface area contributed by atoms with E-state index in [1.165, 1.54) is 11.1 Å². The minimum atomic E-state index is 0.884. The summed E-state index contributed by atoms with van der Waals surface area (Å²) in [6.45, 7) is 11.7. The Hall–Kier alpha value is -2.22. The molecule has 0 fully saturated rings. The van der Waals surface area contributed by atoms with Gasteiger partial charge >= 0.3 is 0 Å². The van der Waals surface area contributed by atoms with Crippen molar-refractivity contribution in [3.05, 3.63) is 85.1 Å². The molecule has 1 aliphatic carbocycles. The highest BCUT2D eigenvalue weighted by molar-refractivity contribution is 5.32. The van der Waals surface area contributed by atoms with E-state index >= 15 is 0 Å². The zero-order valence-corrected chi connectivity index (χ0v) is 14.1. The lowest BCUT2D eigenvalue weighted by molar-refractivity contribution is 0.544. The van der Waals surface area contributed by atoms with Crippen molar-refractivity contribution in [3.63, 3.8) is 0 Å². The number of hydrogen-bond donors (Lipinski definition) is 0. The van der Waals surface area contributed by atoms with Gasteiger partial charge in [-0.2, -0.15) is 0 Å². The second kappa shape index (κ2) is 10.5. The molecule has 0 heterocycles. The van der Waals surface area contributed by atoms with Gasteiger partial charge < -0.3 is 9.80 Å². The molecule has 0 radical (unpaired) electrons. The van der Waals surface area contributed by atoms with Crippen LogP contribution < -0.4 is 0 Å². The predicted molar refractivity (Wildman–Crippen MR) is 98.0 cm³/mol. The quantitative estimate of drug-likeness (QED) is 0.611. The highest BCUT2D eigenvalue weighted by Gasteiger charge is 2.04. The molecule has 1 rings (SSSR count). The fraction of sp³-hybridized carbons (Fsp3) is 0.300. The van der Waals surface area contributed by atoms with Gasteiger partial charge in [0.25, 0.3) is 0 Å². The van der Waals surface area contributed by atoms with Crippen LogP contribution in [-0.4, -0.2) is 22.9 Å². The van der Waals surface area contributed by atoms with Crippen LogP contribution in [0.2, 0.25) is 0 Å². The summed E-state index contributed by atoms with van der Waals surface area (Å²) >= 11 is 0. The van der Waals surface area contributed by atoms with E-state index in [1.807, 2.05) is 39.2 Å². The Morgan fingerprint density at radius 2 is 1.64 bits per heavy atom. The van der Waals surface area contributed by atoms with Gasteiger partial charge in [0, 0.05) is 13.1 Å². The second-order valence-electron chi connectivity index (χ2n) is 5.14. The molecule has 0 unspecified atom stereocenters. The highest BCUT2D eigenvalue weighted by atomic mass is 15.1. The number of nitrogens with zero attached hydrogens (tertiary/aromatic N) is 2. The molecular formula is C20H28N2. The van der Waals surface area contributed by atoms with Crippen molar-refractivity contribution in [2.45, 2.75) is 27.2 Å². The molecule has 2 nitrogen and oxygen atoms in total. The molecule has 0 aromatic heterocycles. The Balaban J connectivity index is 2.68. The molecule has 1 aliphatic rings. The largest absolute Gasteiger partial charge is 0.351 e. The Bertz CT molecular complexity index is 504. The summed E-state index contributed by atoms with van der Waals surface area (Å²) in [5.74, 6) is 0. The van der Waals surface area contributed by atoms with Crippen molar-refractivity contribution < 1.29 is 0 Å². The zero-order chi connectivity index (χ0) is 16.2. The fourth-order valence-electron chi connectivity index (χ4n) is 2.29. The lowest BCUT2D eigenvalue weighted by Gasteiger charge is -2.17. The fourth-order valence-corrected chi connectivity index (χ4v) is 2.29. The molecule has 0 spiro atoms. The van der Waals surface area contributed by atoms with Crippen molar-refractivity contribution in [2.24, 2.45) is 0 Å². The molecule has 0 N–H and O–H groups in total. The monoisotopic (exact) mass is 296 g/mol. The summed E-state index contributed by atoms with van der Waals surface area (Å²) < 4.78 is 0. The Morgan fingerprint density at radius 1 is 1.00 bits per heavy atom. The third kappa shape index (κ3) is 6.49. The molecule has 0 aromatic carbocycles. The van der Waals surface area contributed by atoms with E-state index in [9.17, 15) is 0 Å². The SMILES string of the molecule is C=CN(C=CC)CC1=CC=CC(CN(C=CC)C=CC)=CC1. The first-order valence-corrected chi connectivity index (χ1v) is 7.81. The molecule has 0 amide bonds. The van der Waals surface area contributed by atoms with Gasteiger partial charge in [-0.1, -0.05) is 49.1 Å². The van der Waals surface area contributed by atoms with Crippen molar-refractivity contribution in [3.8, 4) is 0 Å². The molecule has 22 heavy (non-hydrogen) atoms.